The summed E-state index contributed by atoms with van der Waals surface area (Å²) in [5, 5.41) is 3.60. The molecule has 0 bridgehead atoms. The van der Waals surface area contributed by atoms with Crippen molar-refractivity contribution < 1.29 is 9.53 Å². The molecule has 1 heterocycles. The topological polar surface area (TPSA) is 41.6 Å². The number of nitrogens with zero attached hydrogens (tertiary/aromatic N) is 1. The number of hydrogen-bond donors (Lipinski definition) is 1. The number of ether oxygens (including phenoxy) is 1. The zero-order valence-electron chi connectivity index (χ0n) is 19.0. The fourth-order valence-corrected chi connectivity index (χ4v) is 5.29. The first kappa shape index (κ1) is 21.9. The van der Waals surface area contributed by atoms with Crippen LogP contribution in [-0.2, 0) is 4.74 Å². The number of amides is 1. The fourth-order valence-electron chi connectivity index (χ4n) is 5.29. The third kappa shape index (κ3) is 4.69. The van der Waals surface area contributed by atoms with Crippen LogP contribution >= 0.6 is 0 Å². The summed E-state index contributed by atoms with van der Waals surface area (Å²) >= 11 is 0. The molecule has 4 heteroatoms. The fraction of sp³-hybridized carbons (Fsp3) is 0.640. The minimum absolute atomic E-state index is 0.114. The van der Waals surface area contributed by atoms with Gasteiger partial charge in [-0.1, -0.05) is 55.3 Å². The highest BCUT2D eigenvalue weighted by Crippen LogP contribution is 2.58. The summed E-state index contributed by atoms with van der Waals surface area (Å²) < 4.78 is 5.82. The van der Waals surface area contributed by atoms with Crippen molar-refractivity contribution in [2.45, 2.75) is 84.4 Å². The molecule has 0 radical (unpaired) electrons. The molecule has 4 nitrogen and oxygen atoms in total. The van der Waals surface area contributed by atoms with Crippen molar-refractivity contribution in [2.75, 3.05) is 13.1 Å². The van der Waals surface area contributed by atoms with E-state index in [1.165, 1.54) is 24.0 Å². The van der Waals surface area contributed by atoms with E-state index in [1.54, 1.807) is 0 Å². The standard InChI is InChI=1S/C25H38N2O2/c1-19(15-20-11-8-7-9-12-20)17-26-18-21-16-24(5)13-10-14-25(24,6)27(21)22(28)29-23(2,3)4/h7-9,11-12,15,21,26H,10,13-14,16-18H2,1-6H3/b19-15+/t21-,24-,25-/m0/s1. The third-order valence-electron chi connectivity index (χ3n) is 6.86. The Morgan fingerprint density at radius 2 is 1.93 bits per heavy atom. The Kier molecular flexibility index (Phi) is 6.14. The maximum absolute atomic E-state index is 13.2. The summed E-state index contributed by atoms with van der Waals surface area (Å²) in [7, 11) is 0. The molecule has 1 aromatic rings. The van der Waals surface area contributed by atoms with E-state index >= 15 is 0 Å². The molecule has 0 unspecified atom stereocenters. The Morgan fingerprint density at radius 3 is 2.59 bits per heavy atom. The van der Waals surface area contributed by atoms with Crippen LogP contribution < -0.4 is 5.32 Å². The van der Waals surface area contributed by atoms with Gasteiger partial charge in [0.25, 0.3) is 0 Å². The molecule has 0 spiro atoms. The van der Waals surface area contributed by atoms with Gasteiger partial charge in [-0.25, -0.2) is 4.79 Å². The Labute approximate surface area is 176 Å². The predicted octanol–water partition coefficient (Wildman–Crippen LogP) is 5.64. The number of carbonyl (C=O) groups is 1. The molecule has 1 saturated carbocycles. The summed E-state index contributed by atoms with van der Waals surface area (Å²) in [6.07, 6.45) is 6.53. The lowest BCUT2D eigenvalue weighted by Crippen LogP contribution is -2.54. The SMILES string of the molecule is C/C(=C\c1ccccc1)CNC[C@@H]1C[C@]2(C)CCC[C@]2(C)N1C(=O)OC(C)(C)C. The second-order valence-corrected chi connectivity index (χ2v) is 10.4. The average Bonchev–Trinajstić information content (AvgIpc) is 2.99. The zero-order chi connectivity index (χ0) is 21.3. The van der Waals surface area contributed by atoms with Crippen LogP contribution in [0.25, 0.3) is 6.08 Å². The summed E-state index contributed by atoms with van der Waals surface area (Å²) in [5.41, 5.74) is 2.09. The number of likely N-dealkylation sites (tertiary alicyclic amines) is 1. The predicted molar refractivity (Wildman–Crippen MR) is 120 cm³/mol. The molecule has 1 amide bonds. The first-order chi connectivity index (χ1) is 13.5. The third-order valence-corrected chi connectivity index (χ3v) is 6.86. The van der Waals surface area contributed by atoms with Gasteiger partial charge in [0.05, 0.1) is 0 Å². The van der Waals surface area contributed by atoms with Crippen LogP contribution in [0.4, 0.5) is 4.79 Å². The molecule has 1 aromatic carbocycles. The summed E-state index contributed by atoms with van der Waals surface area (Å²) in [5.74, 6) is 0. The molecule has 2 aliphatic rings. The highest BCUT2D eigenvalue weighted by Gasteiger charge is 2.61. The maximum Gasteiger partial charge on any atom is 0.411 e. The van der Waals surface area contributed by atoms with Crippen LogP contribution in [0.5, 0.6) is 0 Å². The van der Waals surface area contributed by atoms with Crippen LogP contribution in [-0.4, -0.2) is 41.3 Å². The van der Waals surface area contributed by atoms with Crippen molar-refractivity contribution in [2.24, 2.45) is 5.41 Å². The second-order valence-electron chi connectivity index (χ2n) is 10.4. The van der Waals surface area contributed by atoms with Crippen molar-refractivity contribution in [3.8, 4) is 0 Å². The van der Waals surface area contributed by atoms with Gasteiger partial charge in [-0.2, -0.15) is 0 Å². The largest absolute Gasteiger partial charge is 0.444 e. The number of hydrogen-bond acceptors (Lipinski definition) is 3. The highest BCUT2D eigenvalue weighted by molar-refractivity contribution is 5.71. The van der Waals surface area contributed by atoms with Gasteiger partial charge >= 0.3 is 6.09 Å². The van der Waals surface area contributed by atoms with E-state index in [4.69, 9.17) is 4.74 Å². The lowest BCUT2D eigenvalue weighted by atomic mass is 9.75. The number of benzene rings is 1. The summed E-state index contributed by atoms with van der Waals surface area (Å²) in [6.45, 7) is 14.2. The van der Waals surface area contributed by atoms with Crippen LogP contribution in [0.2, 0.25) is 0 Å². The van der Waals surface area contributed by atoms with Gasteiger partial charge in [-0.15, -0.1) is 0 Å². The summed E-state index contributed by atoms with van der Waals surface area (Å²) in [6, 6.07) is 10.6. The Morgan fingerprint density at radius 1 is 1.24 bits per heavy atom. The van der Waals surface area contributed by atoms with Crippen molar-refractivity contribution in [1.82, 2.24) is 10.2 Å². The Hall–Kier alpha value is -1.81. The van der Waals surface area contributed by atoms with Crippen molar-refractivity contribution >= 4 is 12.2 Å². The van der Waals surface area contributed by atoms with Gasteiger partial charge in [0.1, 0.15) is 5.60 Å². The van der Waals surface area contributed by atoms with Crippen molar-refractivity contribution in [3.63, 3.8) is 0 Å². The van der Waals surface area contributed by atoms with Crippen molar-refractivity contribution in [1.29, 1.82) is 0 Å². The van der Waals surface area contributed by atoms with Gasteiger partial charge in [0.15, 0.2) is 0 Å². The molecule has 3 atom stereocenters. The van der Waals surface area contributed by atoms with Gasteiger partial charge in [0, 0.05) is 24.7 Å². The number of fused-ring (bicyclic) bond motifs is 1. The molecule has 29 heavy (non-hydrogen) atoms. The Balaban J connectivity index is 1.68. The summed E-state index contributed by atoms with van der Waals surface area (Å²) in [4.78, 5) is 15.2. The lowest BCUT2D eigenvalue weighted by molar-refractivity contribution is -0.00753. The van der Waals surface area contributed by atoms with E-state index in [0.29, 0.717) is 0 Å². The molecule has 1 N–H and O–H groups in total. The highest BCUT2D eigenvalue weighted by atomic mass is 16.6. The quantitative estimate of drug-likeness (QED) is 0.698. The van der Waals surface area contributed by atoms with Crippen LogP contribution in [0, 0.1) is 5.41 Å². The van der Waals surface area contributed by atoms with Crippen LogP contribution in [0.1, 0.15) is 72.8 Å². The monoisotopic (exact) mass is 398 g/mol. The molecule has 1 aliphatic carbocycles. The van der Waals surface area contributed by atoms with E-state index in [1.807, 2.05) is 26.8 Å². The van der Waals surface area contributed by atoms with E-state index in [0.717, 1.165) is 25.9 Å². The van der Waals surface area contributed by atoms with Gasteiger partial charge in [-0.3, -0.25) is 4.90 Å². The minimum atomic E-state index is -0.474. The maximum atomic E-state index is 13.2. The Bertz CT molecular complexity index is 752. The van der Waals surface area contributed by atoms with E-state index < -0.39 is 5.60 Å². The molecule has 1 saturated heterocycles. The molecule has 2 fully saturated rings. The smallest absolute Gasteiger partial charge is 0.411 e. The van der Waals surface area contributed by atoms with E-state index in [2.05, 4.69) is 61.3 Å². The van der Waals surface area contributed by atoms with Gasteiger partial charge in [0.2, 0.25) is 0 Å². The minimum Gasteiger partial charge on any atom is -0.444 e. The molecule has 160 valence electrons. The second kappa shape index (κ2) is 8.14. The number of rotatable bonds is 5. The first-order valence-corrected chi connectivity index (χ1v) is 11.0. The van der Waals surface area contributed by atoms with Crippen LogP contribution in [0.15, 0.2) is 35.9 Å². The average molecular weight is 399 g/mol. The molecule has 3 rings (SSSR count). The normalized spacial score (nSPS) is 29.8. The first-order valence-electron chi connectivity index (χ1n) is 11.0. The molecular weight excluding hydrogens is 360 g/mol. The zero-order valence-corrected chi connectivity index (χ0v) is 19.0. The van der Waals surface area contributed by atoms with Gasteiger partial charge in [-0.05, 0) is 64.9 Å². The van der Waals surface area contributed by atoms with E-state index in [9.17, 15) is 4.79 Å². The molecular formula is C25H38N2O2. The van der Waals surface area contributed by atoms with Crippen LogP contribution in [0.3, 0.4) is 0 Å². The lowest BCUT2D eigenvalue weighted by Gasteiger charge is -2.42. The number of nitrogens with one attached hydrogen (secondary N) is 1. The number of carbonyl (C=O) groups excluding carboxylic acids is 1. The van der Waals surface area contributed by atoms with Crippen molar-refractivity contribution in [3.05, 3.63) is 41.5 Å². The molecule has 0 aromatic heterocycles. The van der Waals surface area contributed by atoms with E-state index in [-0.39, 0.29) is 23.1 Å². The molecule has 1 aliphatic heterocycles. The van der Waals surface area contributed by atoms with Gasteiger partial charge < -0.3 is 10.1 Å².